The number of aliphatic hydroxyl groups excluding tert-OH is 1. The van der Waals surface area contributed by atoms with Crippen LogP contribution < -0.4 is 0 Å². The highest BCUT2D eigenvalue weighted by Gasteiger charge is 2.38. The van der Waals surface area contributed by atoms with Crippen LogP contribution in [0.1, 0.15) is 92.1 Å². The van der Waals surface area contributed by atoms with E-state index in [4.69, 9.17) is 56.0 Å². The van der Waals surface area contributed by atoms with Crippen molar-refractivity contribution >= 4 is 64.1 Å². The zero-order valence-corrected chi connectivity index (χ0v) is 35.9. The van der Waals surface area contributed by atoms with Crippen molar-refractivity contribution in [3.63, 3.8) is 0 Å². The molecule has 0 spiro atoms. The lowest BCUT2D eigenvalue weighted by atomic mass is 9.81. The minimum Gasteiger partial charge on any atom is -0.508 e. The number of phenols is 1. The van der Waals surface area contributed by atoms with Crippen LogP contribution in [0.2, 0.25) is 20.1 Å². The molecule has 310 valence electrons. The predicted molar refractivity (Wildman–Crippen MR) is 228 cm³/mol. The van der Waals surface area contributed by atoms with Gasteiger partial charge in [0.15, 0.2) is 6.29 Å². The monoisotopic (exact) mass is 862 g/mol. The van der Waals surface area contributed by atoms with E-state index >= 15 is 0 Å². The zero-order chi connectivity index (χ0) is 41.1. The Morgan fingerprint density at radius 1 is 0.930 bits per heavy atom. The number of halogens is 4. The van der Waals surface area contributed by atoms with Gasteiger partial charge in [0.1, 0.15) is 12.9 Å². The summed E-state index contributed by atoms with van der Waals surface area (Å²) in [4.78, 5) is 38.6. The first-order valence-electron chi connectivity index (χ1n) is 19.8. The van der Waals surface area contributed by atoms with Gasteiger partial charge in [0.2, 0.25) is 0 Å². The standard InChI is InChI=1S/C43H54Cl4N4O6/c1-4-57-42(54)40(22-29-11-16-35(52)17-12-29)51-21-7-20-50(43(51)55)34-9-6-5-8-28(10-15-34)13-18-36(30-14-19-37(46)38(47)25-30)39(48-56-3)27-49(2)41(53)31-23-32(44)26-33(45)24-31/h11-12,14,16-17,19,23-26,28,34,36,40,42,52,54H,4-10,13,15,18,20-22,27H2,1-3H3/b48-39+. The summed E-state index contributed by atoms with van der Waals surface area (Å²) in [5.74, 6) is 0.0793. The summed E-state index contributed by atoms with van der Waals surface area (Å²) >= 11 is 25.3. The lowest BCUT2D eigenvalue weighted by molar-refractivity contribution is -0.137. The molecular formula is C43H54Cl4N4O6. The van der Waals surface area contributed by atoms with Gasteiger partial charge in [-0.15, -0.1) is 0 Å². The normalized spacial score (nSPS) is 19.7. The highest BCUT2D eigenvalue weighted by atomic mass is 35.5. The lowest BCUT2D eigenvalue weighted by Gasteiger charge is -2.45. The highest BCUT2D eigenvalue weighted by Crippen LogP contribution is 2.36. The number of amides is 3. The molecule has 1 aliphatic heterocycles. The van der Waals surface area contributed by atoms with Crippen LogP contribution in [-0.4, -0.2) is 101 Å². The minimum atomic E-state index is -1.14. The van der Waals surface area contributed by atoms with E-state index in [1.54, 1.807) is 53.2 Å². The van der Waals surface area contributed by atoms with Crippen molar-refractivity contribution in [2.24, 2.45) is 11.1 Å². The van der Waals surface area contributed by atoms with Crippen molar-refractivity contribution in [3.05, 3.63) is 97.4 Å². The molecule has 2 aliphatic rings. The van der Waals surface area contributed by atoms with Crippen LogP contribution in [0.4, 0.5) is 4.79 Å². The Morgan fingerprint density at radius 2 is 1.65 bits per heavy atom. The molecule has 5 atom stereocenters. The van der Waals surface area contributed by atoms with E-state index in [2.05, 4.69) is 5.16 Å². The first-order valence-corrected chi connectivity index (χ1v) is 21.3. The average Bonchev–Trinajstić information content (AvgIpc) is 3.16. The van der Waals surface area contributed by atoms with Crippen LogP contribution in [0.25, 0.3) is 0 Å². The van der Waals surface area contributed by atoms with E-state index in [0.29, 0.717) is 63.4 Å². The van der Waals surface area contributed by atoms with Gasteiger partial charge in [-0.05, 0) is 111 Å². The van der Waals surface area contributed by atoms with Crippen LogP contribution in [0.15, 0.2) is 65.8 Å². The molecule has 3 aromatic carbocycles. The first kappa shape index (κ1) is 44.8. The maximum atomic E-state index is 14.3. The number of aliphatic hydroxyl groups is 1. The number of rotatable bonds is 16. The smallest absolute Gasteiger partial charge is 0.320 e. The number of aromatic hydroxyl groups is 1. The van der Waals surface area contributed by atoms with Crippen molar-refractivity contribution in [1.82, 2.24) is 14.7 Å². The predicted octanol–water partition coefficient (Wildman–Crippen LogP) is 10.1. The van der Waals surface area contributed by atoms with E-state index in [1.807, 2.05) is 36.1 Å². The topological polar surface area (TPSA) is 115 Å². The van der Waals surface area contributed by atoms with E-state index in [0.717, 1.165) is 68.9 Å². The summed E-state index contributed by atoms with van der Waals surface area (Å²) in [5, 5.41) is 27.0. The third-order valence-corrected chi connectivity index (χ3v) is 12.3. The Balaban J connectivity index is 1.30. The Hall–Kier alpha value is -3.25. The average molecular weight is 865 g/mol. The molecule has 57 heavy (non-hydrogen) atoms. The van der Waals surface area contributed by atoms with E-state index < -0.39 is 12.3 Å². The summed E-state index contributed by atoms with van der Waals surface area (Å²) in [5.41, 5.74) is 2.86. The zero-order valence-electron chi connectivity index (χ0n) is 32.9. The molecule has 0 radical (unpaired) electrons. The minimum absolute atomic E-state index is 0.0651. The number of hydrogen-bond acceptors (Lipinski definition) is 7. The number of nitrogens with zero attached hydrogens (tertiary/aromatic N) is 4. The molecule has 2 fully saturated rings. The highest BCUT2D eigenvalue weighted by molar-refractivity contribution is 6.42. The first-order chi connectivity index (χ1) is 27.4. The van der Waals surface area contributed by atoms with E-state index in [-0.39, 0.29) is 36.2 Å². The fraction of sp³-hybridized carbons (Fsp3) is 0.512. The molecule has 5 rings (SSSR count). The third-order valence-electron chi connectivity index (χ3n) is 11.2. The van der Waals surface area contributed by atoms with E-state index in [9.17, 15) is 19.8 Å². The van der Waals surface area contributed by atoms with Gasteiger partial charge < -0.3 is 34.5 Å². The molecule has 2 N–H and O–H groups in total. The molecule has 10 nitrogen and oxygen atoms in total. The van der Waals surface area contributed by atoms with Crippen molar-refractivity contribution in [2.45, 2.75) is 95.4 Å². The van der Waals surface area contributed by atoms with Crippen molar-refractivity contribution in [1.29, 1.82) is 0 Å². The van der Waals surface area contributed by atoms with Crippen LogP contribution in [0, 0.1) is 5.92 Å². The van der Waals surface area contributed by atoms with Gasteiger partial charge in [0, 0.05) is 54.3 Å². The molecule has 3 amide bonds. The molecule has 1 aliphatic carbocycles. The van der Waals surface area contributed by atoms with Crippen LogP contribution in [0.3, 0.4) is 0 Å². The second kappa shape index (κ2) is 21.7. The van der Waals surface area contributed by atoms with Gasteiger partial charge in [-0.3, -0.25) is 4.79 Å². The summed E-state index contributed by atoms with van der Waals surface area (Å²) in [6, 6.07) is 16.7. The third kappa shape index (κ3) is 12.4. The molecule has 5 unspecified atom stereocenters. The van der Waals surface area contributed by atoms with Gasteiger partial charge in [-0.1, -0.05) is 89.0 Å². The van der Waals surface area contributed by atoms with E-state index in [1.165, 1.54) is 7.11 Å². The van der Waals surface area contributed by atoms with Gasteiger partial charge in [-0.2, -0.15) is 0 Å². The number of oxime groups is 1. The van der Waals surface area contributed by atoms with Gasteiger partial charge >= 0.3 is 6.03 Å². The lowest BCUT2D eigenvalue weighted by Crippen LogP contribution is -2.59. The van der Waals surface area contributed by atoms with Crippen molar-refractivity contribution in [3.8, 4) is 5.75 Å². The second-order valence-electron chi connectivity index (χ2n) is 15.1. The van der Waals surface area contributed by atoms with Crippen molar-refractivity contribution < 1.29 is 29.4 Å². The van der Waals surface area contributed by atoms with Gasteiger partial charge in [0.05, 0.1) is 28.3 Å². The van der Waals surface area contributed by atoms with Gasteiger partial charge in [-0.25, -0.2) is 4.79 Å². The number of carbonyl (C=O) groups excluding carboxylic acids is 2. The van der Waals surface area contributed by atoms with Crippen LogP contribution >= 0.6 is 46.4 Å². The van der Waals surface area contributed by atoms with Gasteiger partial charge in [0.25, 0.3) is 5.91 Å². The molecule has 0 bridgehead atoms. The summed E-state index contributed by atoms with van der Waals surface area (Å²) in [6.07, 6.45) is 7.55. The van der Waals surface area contributed by atoms with Crippen LogP contribution in [-0.2, 0) is 16.0 Å². The second-order valence-corrected chi connectivity index (χ2v) is 16.8. The molecule has 0 aromatic heterocycles. The summed E-state index contributed by atoms with van der Waals surface area (Å²) in [6.45, 7) is 3.54. The largest absolute Gasteiger partial charge is 0.508 e. The number of phenolic OH excluding ortho intramolecular Hbond substituents is 1. The summed E-state index contributed by atoms with van der Waals surface area (Å²) in [7, 11) is 3.20. The molecular weight excluding hydrogens is 810 g/mol. The number of urea groups is 1. The Morgan fingerprint density at radius 3 is 2.33 bits per heavy atom. The van der Waals surface area contributed by atoms with Crippen molar-refractivity contribution in [2.75, 3.05) is 40.4 Å². The summed E-state index contributed by atoms with van der Waals surface area (Å²) < 4.78 is 5.65. The Kier molecular flexibility index (Phi) is 17.0. The molecule has 3 aromatic rings. The Labute approximate surface area is 356 Å². The SMILES string of the molecule is CCOC(O)C(Cc1ccc(O)cc1)N1CCCN(C2CCCCC(CCC(/C(CN(C)C(=O)c3cc(Cl)cc(Cl)c3)=N/OC)c3ccc(Cl)c(Cl)c3)CC2)C1=O. The number of hydrogen-bond donors (Lipinski definition) is 2. The quantitative estimate of drug-likeness (QED) is 0.0842. The van der Waals surface area contributed by atoms with Crippen LogP contribution in [0.5, 0.6) is 5.75 Å². The fourth-order valence-corrected chi connectivity index (χ4v) is 9.09. The Bertz CT molecular complexity index is 1810. The molecule has 1 saturated carbocycles. The number of ether oxygens (including phenoxy) is 1. The molecule has 1 saturated heterocycles. The maximum Gasteiger partial charge on any atom is 0.320 e. The maximum absolute atomic E-state index is 14.3. The fourth-order valence-electron chi connectivity index (χ4n) is 8.25. The molecule has 14 heteroatoms. The number of carbonyl (C=O) groups is 2. The number of benzene rings is 3. The molecule has 1 heterocycles.